The van der Waals surface area contributed by atoms with Crippen molar-refractivity contribution in [3.05, 3.63) is 188 Å². The predicted octanol–water partition coefficient (Wildman–Crippen LogP) is 14.3. The summed E-state index contributed by atoms with van der Waals surface area (Å²) in [5.74, 6) is 0. The Morgan fingerprint density at radius 3 is 1.46 bits per heavy atom. The molecule has 0 aliphatic heterocycles. The summed E-state index contributed by atoms with van der Waals surface area (Å²) in [5.41, 5.74) is 8.30. The van der Waals surface area contributed by atoms with Crippen molar-refractivity contribution in [2.24, 2.45) is 0 Å². The molecule has 0 N–H and O–H groups in total. The van der Waals surface area contributed by atoms with E-state index in [1.165, 1.54) is 74.7 Å². The summed E-state index contributed by atoms with van der Waals surface area (Å²) in [7, 11) is 0. The normalized spacial score (nSPS) is 11.6. The van der Waals surface area contributed by atoms with Gasteiger partial charge in [-0.05, 0) is 121 Å². The van der Waals surface area contributed by atoms with Crippen LogP contribution in [0.3, 0.4) is 0 Å². The van der Waals surface area contributed by atoms with Crippen LogP contribution in [0.5, 0.6) is 0 Å². The van der Waals surface area contributed by atoms with Gasteiger partial charge in [0, 0.05) is 37.2 Å². The molecule has 10 aromatic rings. The summed E-state index contributed by atoms with van der Waals surface area (Å²) in [4.78, 5) is 2.39. The van der Waals surface area contributed by atoms with Crippen molar-refractivity contribution in [1.82, 2.24) is 0 Å². The van der Waals surface area contributed by atoms with Crippen molar-refractivity contribution < 1.29 is 0 Å². The molecule has 0 bridgehead atoms. The summed E-state index contributed by atoms with van der Waals surface area (Å²) in [5, 5.41) is 10.1. The zero-order valence-electron chi connectivity index (χ0n) is 27.3. The Bertz CT molecular complexity index is 2880. The minimum absolute atomic E-state index is 1.13. The van der Waals surface area contributed by atoms with Crippen molar-refractivity contribution in [3.8, 4) is 22.3 Å². The van der Waals surface area contributed by atoms with Crippen LogP contribution in [-0.2, 0) is 0 Å². The average Bonchev–Trinajstić information content (AvgIpc) is 3.56. The Labute approximate surface area is 294 Å². The summed E-state index contributed by atoms with van der Waals surface area (Å²) in [6.07, 6.45) is 0. The van der Waals surface area contributed by atoms with E-state index in [2.05, 4.69) is 193 Å². The third kappa shape index (κ3) is 5.01. The van der Waals surface area contributed by atoms with Gasteiger partial charge in [-0.3, -0.25) is 0 Å². The van der Waals surface area contributed by atoms with Crippen LogP contribution < -0.4 is 4.90 Å². The first-order valence-corrected chi connectivity index (χ1v) is 17.9. The molecule has 0 radical (unpaired) electrons. The molecule has 0 fully saturated rings. The Hall–Kier alpha value is -6.22. The number of rotatable bonds is 5. The number of benzene rings is 9. The van der Waals surface area contributed by atoms with Gasteiger partial charge >= 0.3 is 0 Å². The van der Waals surface area contributed by atoms with E-state index < -0.39 is 0 Å². The fraction of sp³-hybridized carbons (Fsp3) is 0. The second kappa shape index (κ2) is 11.7. The third-order valence-corrected chi connectivity index (χ3v) is 11.1. The van der Waals surface area contributed by atoms with E-state index in [4.69, 9.17) is 0 Å². The molecule has 0 saturated carbocycles. The van der Waals surface area contributed by atoms with Gasteiger partial charge in [-0.25, -0.2) is 0 Å². The molecule has 1 aromatic heterocycles. The summed E-state index contributed by atoms with van der Waals surface area (Å²) in [6, 6.07) is 68.9. The average molecular weight is 654 g/mol. The van der Waals surface area contributed by atoms with Gasteiger partial charge in [0.05, 0.1) is 0 Å². The van der Waals surface area contributed by atoms with Crippen molar-refractivity contribution in [2.45, 2.75) is 0 Å². The Kier molecular flexibility index (Phi) is 6.75. The molecule has 9 aromatic carbocycles. The van der Waals surface area contributed by atoms with Gasteiger partial charge in [-0.15, -0.1) is 11.3 Å². The lowest BCUT2D eigenvalue weighted by atomic mass is 9.96. The highest BCUT2D eigenvalue weighted by molar-refractivity contribution is 7.25. The quantitative estimate of drug-likeness (QED) is 0.179. The van der Waals surface area contributed by atoms with Gasteiger partial charge in [0.15, 0.2) is 0 Å². The lowest BCUT2D eigenvalue weighted by Crippen LogP contribution is -2.09. The number of fused-ring (bicyclic) bond motifs is 6. The summed E-state index contributed by atoms with van der Waals surface area (Å²) < 4.78 is 2.63. The minimum atomic E-state index is 1.13. The molecule has 10 rings (SSSR count). The van der Waals surface area contributed by atoms with Crippen LogP contribution in [0.2, 0.25) is 0 Å². The van der Waals surface area contributed by atoms with Gasteiger partial charge in [-0.1, -0.05) is 121 Å². The van der Waals surface area contributed by atoms with Gasteiger partial charge in [0.25, 0.3) is 0 Å². The Morgan fingerprint density at radius 2 is 0.740 bits per heavy atom. The van der Waals surface area contributed by atoms with E-state index in [-0.39, 0.29) is 0 Å². The smallest absolute Gasteiger partial charge is 0.0468 e. The predicted molar refractivity (Wildman–Crippen MR) is 217 cm³/mol. The van der Waals surface area contributed by atoms with E-state index in [1.807, 2.05) is 11.3 Å². The molecule has 0 spiro atoms. The van der Waals surface area contributed by atoms with Crippen LogP contribution in [0.15, 0.2) is 188 Å². The molecule has 1 nitrogen and oxygen atoms in total. The zero-order chi connectivity index (χ0) is 33.0. The lowest BCUT2D eigenvalue weighted by Gasteiger charge is -2.26. The number of hydrogen-bond donors (Lipinski definition) is 0. The molecule has 2 heteroatoms. The SMILES string of the molecule is c1ccc2cc(-c3ccc4ccc(-c5ccc(N(c6ccc7ccccc7c6)c6ccc7sc8ccccc8c7c6)cc5)cc4c3)ccc2c1. The lowest BCUT2D eigenvalue weighted by molar-refractivity contribution is 1.30. The third-order valence-electron chi connectivity index (χ3n) is 9.99. The summed E-state index contributed by atoms with van der Waals surface area (Å²) in [6.45, 7) is 0. The zero-order valence-corrected chi connectivity index (χ0v) is 28.1. The monoisotopic (exact) mass is 653 g/mol. The molecular weight excluding hydrogens is 623 g/mol. The van der Waals surface area contributed by atoms with E-state index in [9.17, 15) is 0 Å². The topological polar surface area (TPSA) is 3.24 Å². The second-order valence-electron chi connectivity index (χ2n) is 13.0. The van der Waals surface area contributed by atoms with Crippen molar-refractivity contribution in [3.63, 3.8) is 0 Å². The first-order chi connectivity index (χ1) is 24.7. The maximum atomic E-state index is 2.39. The van der Waals surface area contributed by atoms with Crippen LogP contribution >= 0.6 is 11.3 Å². The molecule has 0 saturated heterocycles. The largest absolute Gasteiger partial charge is 0.310 e. The first-order valence-electron chi connectivity index (χ1n) is 17.1. The van der Waals surface area contributed by atoms with Gasteiger partial charge in [0.2, 0.25) is 0 Å². The van der Waals surface area contributed by atoms with E-state index in [1.54, 1.807) is 0 Å². The fourth-order valence-corrected chi connectivity index (χ4v) is 8.48. The van der Waals surface area contributed by atoms with Crippen LogP contribution in [0.1, 0.15) is 0 Å². The van der Waals surface area contributed by atoms with Crippen molar-refractivity contribution in [2.75, 3.05) is 4.90 Å². The van der Waals surface area contributed by atoms with Crippen LogP contribution in [-0.4, -0.2) is 0 Å². The highest BCUT2D eigenvalue weighted by Gasteiger charge is 2.16. The van der Waals surface area contributed by atoms with Crippen LogP contribution in [0, 0.1) is 0 Å². The molecule has 0 unspecified atom stereocenters. The van der Waals surface area contributed by atoms with Crippen molar-refractivity contribution in [1.29, 1.82) is 0 Å². The second-order valence-corrected chi connectivity index (χ2v) is 14.1. The molecule has 1 heterocycles. The molecular formula is C48H31NS. The fourth-order valence-electron chi connectivity index (χ4n) is 7.39. The van der Waals surface area contributed by atoms with Crippen LogP contribution in [0.25, 0.3) is 74.7 Å². The van der Waals surface area contributed by atoms with Gasteiger partial charge in [0.1, 0.15) is 0 Å². The standard InChI is InChI=1S/C48H31NS/c1-3-9-36-27-39(17-13-32(36)7-1)40-18-15-35-14-16-38(28-41(35)29-40)34-19-22-42(23-20-34)49(43-24-21-33-8-2-4-10-37(33)30-43)44-25-26-48-46(31-44)45-11-5-6-12-47(45)50-48/h1-31H. The number of anilines is 3. The number of nitrogens with zero attached hydrogens (tertiary/aromatic N) is 1. The maximum absolute atomic E-state index is 2.39. The highest BCUT2D eigenvalue weighted by atomic mass is 32.1. The highest BCUT2D eigenvalue weighted by Crippen LogP contribution is 2.42. The van der Waals surface area contributed by atoms with Gasteiger partial charge in [-0.2, -0.15) is 0 Å². The van der Waals surface area contributed by atoms with E-state index >= 15 is 0 Å². The van der Waals surface area contributed by atoms with Crippen LogP contribution in [0.4, 0.5) is 17.1 Å². The number of thiophene rings is 1. The molecule has 0 atom stereocenters. The van der Waals surface area contributed by atoms with Crippen molar-refractivity contribution >= 4 is 80.9 Å². The molecule has 234 valence electrons. The van der Waals surface area contributed by atoms with E-state index in [0.717, 1.165) is 17.1 Å². The van der Waals surface area contributed by atoms with E-state index in [0.29, 0.717) is 0 Å². The summed E-state index contributed by atoms with van der Waals surface area (Å²) >= 11 is 1.86. The Balaban J connectivity index is 1.05. The maximum Gasteiger partial charge on any atom is 0.0468 e. The molecule has 0 amide bonds. The Morgan fingerprint density at radius 1 is 0.280 bits per heavy atom. The first kappa shape index (κ1) is 28.8. The molecule has 50 heavy (non-hydrogen) atoms. The molecule has 0 aliphatic carbocycles. The molecule has 0 aliphatic rings. The number of hydrogen-bond acceptors (Lipinski definition) is 2. The minimum Gasteiger partial charge on any atom is -0.310 e. The van der Waals surface area contributed by atoms with Gasteiger partial charge < -0.3 is 4.90 Å².